The van der Waals surface area contributed by atoms with Crippen LogP contribution in [0.1, 0.15) is 15.9 Å². The van der Waals surface area contributed by atoms with Crippen LogP contribution in [-0.4, -0.2) is 12.0 Å². The molecule has 1 aromatic rings. The first-order chi connectivity index (χ1) is 6.32. The second kappa shape index (κ2) is 3.61. The molecule has 5 heteroatoms. The molecule has 1 nitrogen and oxygen atoms in total. The molecule has 0 aromatic heterocycles. The van der Waals surface area contributed by atoms with Crippen LogP contribution in [0.15, 0.2) is 18.2 Å². The van der Waals surface area contributed by atoms with Crippen LogP contribution in [-0.2, 0) is 0 Å². The quantitative estimate of drug-likeness (QED) is 0.666. The van der Waals surface area contributed by atoms with Crippen LogP contribution >= 0.6 is 11.6 Å². The summed E-state index contributed by atoms with van der Waals surface area (Å²) < 4.78 is 36.0. The molecule has 0 radical (unpaired) electrons. The maximum Gasteiger partial charge on any atom is 0.454 e. The van der Waals surface area contributed by atoms with Crippen molar-refractivity contribution in [2.75, 3.05) is 0 Å². The van der Waals surface area contributed by atoms with Crippen LogP contribution in [0, 0.1) is 6.92 Å². The first-order valence-corrected chi connectivity index (χ1v) is 4.08. The standard InChI is InChI=1S/C9H6ClF3O/c1-5-2-3-6(7(10)4-5)8(14)9(11,12)13/h2-4H,1H3. The van der Waals surface area contributed by atoms with Crippen molar-refractivity contribution in [2.24, 2.45) is 0 Å². The lowest BCUT2D eigenvalue weighted by Crippen LogP contribution is -2.23. The number of alkyl halides is 3. The van der Waals surface area contributed by atoms with Crippen molar-refractivity contribution in [3.63, 3.8) is 0 Å². The summed E-state index contributed by atoms with van der Waals surface area (Å²) >= 11 is 5.51. The molecule has 0 aliphatic carbocycles. The van der Waals surface area contributed by atoms with Gasteiger partial charge in [-0.05, 0) is 24.6 Å². The zero-order chi connectivity index (χ0) is 10.9. The molecule has 14 heavy (non-hydrogen) atoms. The van der Waals surface area contributed by atoms with E-state index in [9.17, 15) is 18.0 Å². The molecule has 0 saturated carbocycles. The summed E-state index contributed by atoms with van der Waals surface area (Å²) in [6, 6.07) is 3.80. The van der Waals surface area contributed by atoms with E-state index >= 15 is 0 Å². The van der Waals surface area contributed by atoms with Gasteiger partial charge in [0.25, 0.3) is 5.78 Å². The predicted octanol–water partition coefficient (Wildman–Crippen LogP) is 3.39. The largest absolute Gasteiger partial charge is 0.454 e. The molecule has 0 unspecified atom stereocenters. The normalized spacial score (nSPS) is 11.5. The highest BCUT2D eigenvalue weighted by Gasteiger charge is 2.40. The lowest BCUT2D eigenvalue weighted by molar-refractivity contribution is -0.0885. The minimum atomic E-state index is -4.88. The molecule has 1 rings (SSSR count). The van der Waals surface area contributed by atoms with Gasteiger partial charge in [0.05, 0.1) is 5.02 Å². The maximum atomic E-state index is 12.0. The van der Waals surface area contributed by atoms with Gasteiger partial charge in [-0.25, -0.2) is 0 Å². The fourth-order valence-corrected chi connectivity index (χ4v) is 1.28. The molecule has 0 saturated heterocycles. The Bertz CT molecular complexity index is 371. The number of hydrogen-bond acceptors (Lipinski definition) is 1. The minimum Gasteiger partial charge on any atom is -0.284 e. The Balaban J connectivity index is 3.15. The van der Waals surface area contributed by atoms with Crippen molar-refractivity contribution < 1.29 is 18.0 Å². The lowest BCUT2D eigenvalue weighted by atomic mass is 10.1. The van der Waals surface area contributed by atoms with Crippen LogP contribution in [0.4, 0.5) is 13.2 Å². The Morgan fingerprint density at radius 2 is 1.93 bits per heavy atom. The van der Waals surface area contributed by atoms with Crippen LogP contribution < -0.4 is 0 Å². The summed E-state index contributed by atoms with van der Waals surface area (Å²) in [5.74, 6) is -1.91. The van der Waals surface area contributed by atoms with Gasteiger partial charge in [-0.1, -0.05) is 17.7 Å². The fourth-order valence-electron chi connectivity index (χ4n) is 0.957. The first-order valence-electron chi connectivity index (χ1n) is 3.70. The van der Waals surface area contributed by atoms with Gasteiger partial charge in [0, 0.05) is 5.56 Å². The van der Waals surface area contributed by atoms with E-state index in [0.717, 1.165) is 6.07 Å². The van der Waals surface area contributed by atoms with E-state index in [1.54, 1.807) is 6.92 Å². The number of benzene rings is 1. The number of carbonyl (C=O) groups excluding carboxylic acids is 1. The number of carbonyl (C=O) groups is 1. The van der Waals surface area contributed by atoms with E-state index in [2.05, 4.69) is 0 Å². The molecule has 0 aliphatic heterocycles. The molecular formula is C9H6ClF3O. The second-order valence-electron chi connectivity index (χ2n) is 2.81. The molecule has 0 aliphatic rings. The molecule has 0 bridgehead atoms. The smallest absolute Gasteiger partial charge is 0.284 e. The zero-order valence-corrected chi connectivity index (χ0v) is 7.91. The number of rotatable bonds is 1. The van der Waals surface area contributed by atoms with E-state index in [4.69, 9.17) is 11.6 Å². The maximum absolute atomic E-state index is 12.0. The second-order valence-corrected chi connectivity index (χ2v) is 3.22. The van der Waals surface area contributed by atoms with Crippen LogP contribution in [0.25, 0.3) is 0 Å². The molecule has 0 heterocycles. The van der Waals surface area contributed by atoms with E-state index in [0.29, 0.717) is 5.56 Å². The minimum absolute atomic E-state index is 0.174. The first kappa shape index (κ1) is 11.0. The molecule has 0 atom stereocenters. The SMILES string of the molecule is Cc1ccc(C(=O)C(F)(F)F)c(Cl)c1. The molecule has 76 valence electrons. The molecule has 0 amide bonds. The third-order valence-electron chi connectivity index (χ3n) is 1.63. The summed E-state index contributed by atoms with van der Waals surface area (Å²) in [6.45, 7) is 1.67. The Morgan fingerprint density at radius 3 is 2.36 bits per heavy atom. The third-order valence-corrected chi connectivity index (χ3v) is 1.94. The number of aryl methyl sites for hydroxylation is 1. The van der Waals surface area contributed by atoms with Gasteiger partial charge < -0.3 is 0 Å². The van der Waals surface area contributed by atoms with E-state index in [1.807, 2.05) is 0 Å². The number of halogens is 4. The molecule has 0 N–H and O–H groups in total. The average Bonchev–Trinajstić information content (AvgIpc) is 2.01. The third kappa shape index (κ3) is 2.26. The van der Waals surface area contributed by atoms with Gasteiger partial charge in [-0.15, -0.1) is 0 Å². The van der Waals surface area contributed by atoms with Gasteiger partial charge in [0.2, 0.25) is 0 Å². The van der Waals surface area contributed by atoms with E-state index < -0.39 is 17.5 Å². The Kier molecular flexibility index (Phi) is 2.85. The van der Waals surface area contributed by atoms with Crippen molar-refractivity contribution in [3.05, 3.63) is 34.3 Å². The van der Waals surface area contributed by atoms with Crippen LogP contribution in [0.3, 0.4) is 0 Å². The van der Waals surface area contributed by atoms with Crippen LogP contribution in [0.2, 0.25) is 5.02 Å². The van der Waals surface area contributed by atoms with Crippen molar-refractivity contribution in [2.45, 2.75) is 13.1 Å². The van der Waals surface area contributed by atoms with Crippen molar-refractivity contribution in [3.8, 4) is 0 Å². The molecule has 1 aromatic carbocycles. The monoisotopic (exact) mass is 222 g/mol. The van der Waals surface area contributed by atoms with E-state index in [-0.39, 0.29) is 5.02 Å². The zero-order valence-electron chi connectivity index (χ0n) is 7.15. The topological polar surface area (TPSA) is 17.1 Å². The van der Waals surface area contributed by atoms with E-state index in [1.165, 1.54) is 12.1 Å². The number of ketones is 1. The van der Waals surface area contributed by atoms with Crippen molar-refractivity contribution in [1.29, 1.82) is 0 Å². The highest BCUT2D eigenvalue weighted by atomic mass is 35.5. The number of hydrogen-bond donors (Lipinski definition) is 0. The van der Waals surface area contributed by atoms with Gasteiger partial charge >= 0.3 is 6.18 Å². The van der Waals surface area contributed by atoms with Crippen molar-refractivity contribution in [1.82, 2.24) is 0 Å². The number of Topliss-reactive ketones (excluding diaryl/α,β-unsaturated/α-hetero) is 1. The summed E-state index contributed by atoms with van der Waals surface area (Å²) in [5.41, 5.74) is 0.193. The van der Waals surface area contributed by atoms with Gasteiger partial charge in [-0.3, -0.25) is 4.79 Å². The van der Waals surface area contributed by atoms with Crippen LogP contribution in [0.5, 0.6) is 0 Å². The summed E-state index contributed by atoms with van der Waals surface area (Å²) in [6.07, 6.45) is -4.88. The Morgan fingerprint density at radius 1 is 1.36 bits per heavy atom. The predicted molar refractivity (Wildman–Crippen MR) is 46.6 cm³/mol. The van der Waals surface area contributed by atoms with Crippen molar-refractivity contribution >= 4 is 17.4 Å². The highest BCUT2D eigenvalue weighted by molar-refractivity contribution is 6.34. The lowest BCUT2D eigenvalue weighted by Gasteiger charge is -2.06. The highest BCUT2D eigenvalue weighted by Crippen LogP contribution is 2.26. The van der Waals surface area contributed by atoms with Gasteiger partial charge in [-0.2, -0.15) is 13.2 Å². The molecule has 0 fully saturated rings. The Hall–Kier alpha value is -1.03. The van der Waals surface area contributed by atoms with Gasteiger partial charge in [0.15, 0.2) is 0 Å². The fraction of sp³-hybridized carbons (Fsp3) is 0.222. The van der Waals surface area contributed by atoms with Gasteiger partial charge in [0.1, 0.15) is 0 Å². The molecular weight excluding hydrogens is 217 g/mol. The summed E-state index contributed by atoms with van der Waals surface area (Å²) in [7, 11) is 0. The average molecular weight is 223 g/mol. The molecule has 0 spiro atoms. The summed E-state index contributed by atoms with van der Waals surface area (Å²) in [4.78, 5) is 10.8. The summed E-state index contributed by atoms with van der Waals surface area (Å²) in [5, 5.41) is -0.174. The Labute approximate surface area is 83.5 Å².